The largest absolute Gasteiger partial charge is 0.352 e. The molecule has 0 spiro atoms. The third kappa shape index (κ3) is 3.89. The van der Waals surface area contributed by atoms with Crippen LogP contribution in [0.4, 0.5) is 17.5 Å². The Labute approximate surface area is 174 Å². The zero-order valence-electron chi connectivity index (χ0n) is 16.7. The zero-order valence-corrected chi connectivity index (χ0v) is 16.7. The van der Waals surface area contributed by atoms with Gasteiger partial charge in [0.15, 0.2) is 0 Å². The number of carbonyl (C=O) groups excluding carboxylic acids is 2. The monoisotopic (exact) mass is 405 g/mol. The van der Waals surface area contributed by atoms with Crippen molar-refractivity contribution < 1.29 is 9.59 Å². The summed E-state index contributed by atoms with van der Waals surface area (Å²) in [5.41, 5.74) is 1.39. The number of fused-ring (bicyclic) bond motifs is 2. The molecule has 154 valence electrons. The molecule has 4 rings (SSSR count). The summed E-state index contributed by atoms with van der Waals surface area (Å²) < 4.78 is 0. The van der Waals surface area contributed by atoms with Gasteiger partial charge in [-0.1, -0.05) is 0 Å². The fraction of sp³-hybridized carbons (Fsp3) is 0.381. The number of nitriles is 1. The van der Waals surface area contributed by atoms with Gasteiger partial charge in [0.05, 0.1) is 18.2 Å². The molecule has 2 amide bonds. The molecule has 0 aliphatic carbocycles. The minimum Gasteiger partial charge on any atom is -0.352 e. The summed E-state index contributed by atoms with van der Waals surface area (Å²) in [4.78, 5) is 36.9. The van der Waals surface area contributed by atoms with Crippen LogP contribution >= 0.6 is 0 Å². The maximum absolute atomic E-state index is 12.1. The van der Waals surface area contributed by atoms with Crippen molar-refractivity contribution in [1.82, 2.24) is 20.2 Å². The van der Waals surface area contributed by atoms with Crippen molar-refractivity contribution in [2.45, 2.75) is 31.8 Å². The first kappa shape index (κ1) is 19.6. The molecule has 0 unspecified atom stereocenters. The second kappa shape index (κ2) is 8.37. The van der Waals surface area contributed by atoms with E-state index in [4.69, 9.17) is 5.26 Å². The highest BCUT2D eigenvalue weighted by Crippen LogP contribution is 2.34. The standard InChI is InChI=1S/C21H23N7O2/c1-2-23-20(30)14-3-5-15(6-4-14)25-21-24-10-8-18(26-21)27-12-17-11-16(27)13-28(17)19(29)7-9-22/h3-6,8,10,16-17H,2,7,11-13H2,1H3,(H,23,30)(H,24,25,26)/t16-,17-/m0/s1. The van der Waals surface area contributed by atoms with E-state index in [0.29, 0.717) is 31.1 Å². The molecule has 2 saturated heterocycles. The summed E-state index contributed by atoms with van der Waals surface area (Å²) >= 11 is 0. The van der Waals surface area contributed by atoms with Crippen LogP contribution in [-0.2, 0) is 4.79 Å². The number of amides is 2. The van der Waals surface area contributed by atoms with E-state index in [1.54, 1.807) is 18.3 Å². The normalized spacial score (nSPS) is 19.5. The molecule has 2 fully saturated rings. The van der Waals surface area contributed by atoms with Crippen LogP contribution in [0.2, 0.25) is 0 Å². The summed E-state index contributed by atoms with van der Waals surface area (Å²) in [5.74, 6) is 1.09. The van der Waals surface area contributed by atoms with Gasteiger partial charge in [-0.2, -0.15) is 10.2 Å². The number of hydrogen-bond acceptors (Lipinski definition) is 7. The van der Waals surface area contributed by atoms with Gasteiger partial charge < -0.3 is 20.4 Å². The van der Waals surface area contributed by atoms with Gasteiger partial charge in [0, 0.05) is 37.1 Å². The van der Waals surface area contributed by atoms with E-state index in [1.807, 2.05) is 36.1 Å². The third-order valence-corrected chi connectivity index (χ3v) is 5.47. The zero-order chi connectivity index (χ0) is 21.1. The predicted octanol–water partition coefficient (Wildman–Crippen LogP) is 1.67. The lowest BCUT2D eigenvalue weighted by Gasteiger charge is -2.34. The first-order valence-corrected chi connectivity index (χ1v) is 10.0. The molecule has 0 saturated carbocycles. The number of rotatable bonds is 6. The molecular formula is C21H23N7O2. The van der Waals surface area contributed by atoms with E-state index in [2.05, 4.69) is 25.5 Å². The Morgan fingerprint density at radius 3 is 2.67 bits per heavy atom. The van der Waals surface area contributed by atoms with Crippen LogP contribution in [0.15, 0.2) is 36.5 Å². The third-order valence-electron chi connectivity index (χ3n) is 5.47. The molecule has 9 nitrogen and oxygen atoms in total. The second-order valence-corrected chi connectivity index (χ2v) is 7.38. The van der Waals surface area contributed by atoms with Gasteiger partial charge in [-0.25, -0.2) is 4.98 Å². The van der Waals surface area contributed by atoms with Crippen molar-refractivity contribution in [2.75, 3.05) is 29.9 Å². The number of hydrogen-bond donors (Lipinski definition) is 2. The van der Waals surface area contributed by atoms with E-state index < -0.39 is 0 Å². The van der Waals surface area contributed by atoms with Gasteiger partial charge in [-0.3, -0.25) is 9.59 Å². The molecule has 2 aliphatic rings. The van der Waals surface area contributed by atoms with Crippen molar-refractivity contribution in [1.29, 1.82) is 5.26 Å². The lowest BCUT2D eigenvalue weighted by Crippen LogP contribution is -2.49. The van der Waals surface area contributed by atoms with E-state index >= 15 is 0 Å². The van der Waals surface area contributed by atoms with Crippen LogP contribution in [0.5, 0.6) is 0 Å². The fourth-order valence-corrected chi connectivity index (χ4v) is 4.09. The summed E-state index contributed by atoms with van der Waals surface area (Å²) in [6.45, 7) is 3.80. The average Bonchev–Trinajstić information content (AvgIpc) is 3.36. The Kier molecular flexibility index (Phi) is 5.48. The van der Waals surface area contributed by atoms with Crippen molar-refractivity contribution >= 4 is 29.3 Å². The average molecular weight is 405 g/mol. The number of benzene rings is 1. The Hall–Kier alpha value is -3.67. The molecule has 2 aliphatic heterocycles. The maximum atomic E-state index is 12.1. The molecule has 1 aromatic carbocycles. The van der Waals surface area contributed by atoms with Crippen molar-refractivity contribution in [3.8, 4) is 6.07 Å². The number of nitrogens with zero attached hydrogens (tertiary/aromatic N) is 5. The van der Waals surface area contributed by atoms with Gasteiger partial charge in [0.25, 0.3) is 5.91 Å². The molecule has 3 heterocycles. The smallest absolute Gasteiger partial charge is 0.251 e. The lowest BCUT2D eigenvalue weighted by molar-refractivity contribution is -0.131. The van der Waals surface area contributed by atoms with E-state index in [0.717, 1.165) is 17.9 Å². The van der Waals surface area contributed by atoms with Gasteiger partial charge in [-0.15, -0.1) is 0 Å². The van der Waals surface area contributed by atoms with Crippen LogP contribution in [0.1, 0.15) is 30.1 Å². The number of likely N-dealkylation sites (tertiary alicyclic amines) is 1. The Morgan fingerprint density at radius 1 is 1.20 bits per heavy atom. The first-order chi connectivity index (χ1) is 14.6. The van der Waals surface area contributed by atoms with E-state index in [9.17, 15) is 9.59 Å². The molecule has 1 aromatic heterocycles. The van der Waals surface area contributed by atoms with E-state index in [-0.39, 0.29) is 30.3 Å². The summed E-state index contributed by atoms with van der Waals surface area (Å²) in [7, 11) is 0. The van der Waals surface area contributed by atoms with Gasteiger partial charge in [0.2, 0.25) is 11.9 Å². The summed E-state index contributed by atoms with van der Waals surface area (Å²) in [5, 5.41) is 14.7. The van der Waals surface area contributed by atoms with Crippen molar-refractivity contribution in [2.24, 2.45) is 0 Å². The minimum atomic E-state index is -0.103. The SMILES string of the molecule is CCNC(=O)c1ccc(Nc2nccc(N3C[C@@H]4C[C@H]3CN4C(=O)CC#N)n2)cc1. The molecule has 2 N–H and O–H groups in total. The van der Waals surface area contributed by atoms with Crippen molar-refractivity contribution in [3.63, 3.8) is 0 Å². The van der Waals surface area contributed by atoms with Crippen LogP contribution < -0.4 is 15.5 Å². The number of piperazine rings is 1. The number of nitrogens with one attached hydrogen (secondary N) is 2. The summed E-state index contributed by atoms with van der Waals surface area (Å²) in [6.07, 6.45) is 2.53. The van der Waals surface area contributed by atoms with Gasteiger partial charge >= 0.3 is 0 Å². The Balaban J connectivity index is 1.42. The molecule has 9 heteroatoms. The highest BCUT2D eigenvalue weighted by atomic mass is 16.2. The highest BCUT2D eigenvalue weighted by molar-refractivity contribution is 5.94. The van der Waals surface area contributed by atoms with Crippen LogP contribution in [0, 0.1) is 11.3 Å². The topological polar surface area (TPSA) is 114 Å². The molecular weight excluding hydrogens is 382 g/mol. The highest BCUT2D eigenvalue weighted by Gasteiger charge is 2.45. The Bertz CT molecular complexity index is 986. The maximum Gasteiger partial charge on any atom is 0.251 e. The van der Waals surface area contributed by atoms with E-state index in [1.165, 1.54) is 0 Å². The molecule has 2 bridgehead atoms. The fourth-order valence-electron chi connectivity index (χ4n) is 4.09. The summed E-state index contributed by atoms with van der Waals surface area (Å²) in [6, 6.07) is 11.3. The second-order valence-electron chi connectivity index (χ2n) is 7.38. The predicted molar refractivity (Wildman–Crippen MR) is 111 cm³/mol. The molecule has 2 atom stereocenters. The molecule has 0 radical (unpaired) electrons. The van der Waals surface area contributed by atoms with Crippen LogP contribution in [-0.4, -0.2) is 58.4 Å². The molecule has 2 aromatic rings. The number of anilines is 3. The quantitative estimate of drug-likeness (QED) is 0.751. The van der Waals surface area contributed by atoms with Crippen LogP contribution in [0.3, 0.4) is 0 Å². The van der Waals surface area contributed by atoms with Gasteiger partial charge in [0.1, 0.15) is 12.2 Å². The number of carbonyl (C=O) groups is 2. The first-order valence-electron chi connectivity index (χ1n) is 10.0. The Morgan fingerprint density at radius 2 is 2.00 bits per heavy atom. The number of aromatic nitrogens is 2. The minimum absolute atomic E-state index is 0.0658. The van der Waals surface area contributed by atoms with Gasteiger partial charge in [-0.05, 0) is 43.7 Å². The van der Waals surface area contributed by atoms with Crippen molar-refractivity contribution in [3.05, 3.63) is 42.1 Å². The lowest BCUT2D eigenvalue weighted by atomic mass is 10.2. The molecule has 30 heavy (non-hydrogen) atoms. The van der Waals surface area contributed by atoms with Crippen LogP contribution in [0.25, 0.3) is 0 Å².